The van der Waals surface area contributed by atoms with Gasteiger partial charge in [-0.3, -0.25) is 0 Å². The van der Waals surface area contributed by atoms with Gasteiger partial charge in [-0.05, 0) is 43.0 Å². The maximum atomic E-state index is 12.2. The topological polar surface area (TPSA) is 24.9 Å². The minimum absolute atomic E-state index is 0.0207. The van der Waals surface area contributed by atoms with E-state index in [1.54, 1.807) is 17.6 Å². The lowest BCUT2D eigenvalue weighted by Crippen LogP contribution is -2.06. The predicted molar refractivity (Wildman–Crippen MR) is 72.5 cm³/mol. The number of nitrogens with zero attached hydrogens (tertiary/aromatic N) is 1. The van der Waals surface area contributed by atoms with Gasteiger partial charge in [-0.25, -0.2) is 4.98 Å². The zero-order valence-electron chi connectivity index (χ0n) is 9.94. The molecule has 0 aliphatic heterocycles. The molecule has 1 aromatic heterocycles. The number of anilines is 1. The molecule has 1 N–H and O–H groups in total. The molecule has 1 heterocycles. The van der Waals surface area contributed by atoms with E-state index in [0.29, 0.717) is 0 Å². The lowest BCUT2D eigenvalue weighted by Gasteiger charge is -2.13. The molecule has 7 heteroatoms. The van der Waals surface area contributed by atoms with Crippen LogP contribution in [0.4, 0.5) is 18.9 Å². The summed E-state index contributed by atoms with van der Waals surface area (Å²) in [6.45, 7) is 1.95. The summed E-state index contributed by atoms with van der Waals surface area (Å²) in [5.74, 6) is 0. The molecule has 0 saturated heterocycles. The molecule has 0 bridgehead atoms. The highest BCUT2D eigenvalue weighted by molar-refractivity contribution is 8.00. The van der Waals surface area contributed by atoms with Gasteiger partial charge in [0, 0.05) is 16.0 Å². The fraction of sp³-hybridized carbons (Fsp3) is 0.250. The van der Waals surface area contributed by atoms with Crippen LogP contribution in [0.25, 0.3) is 0 Å². The van der Waals surface area contributed by atoms with Crippen LogP contribution < -0.4 is 5.32 Å². The average Bonchev–Trinajstić information content (AvgIpc) is 2.83. The van der Waals surface area contributed by atoms with E-state index in [9.17, 15) is 13.2 Å². The summed E-state index contributed by atoms with van der Waals surface area (Å²) in [6.07, 6.45) is 0. The van der Waals surface area contributed by atoms with Crippen molar-refractivity contribution >= 4 is 28.8 Å². The van der Waals surface area contributed by atoms with Crippen LogP contribution in [0.3, 0.4) is 0 Å². The first kappa shape index (κ1) is 14.2. The van der Waals surface area contributed by atoms with Gasteiger partial charge >= 0.3 is 5.51 Å². The van der Waals surface area contributed by atoms with Crippen LogP contribution in [0.2, 0.25) is 0 Å². The zero-order chi connectivity index (χ0) is 13.9. The Labute approximate surface area is 117 Å². The van der Waals surface area contributed by atoms with Crippen molar-refractivity contribution in [2.24, 2.45) is 0 Å². The first-order valence-corrected chi connectivity index (χ1v) is 7.20. The Kier molecular flexibility index (Phi) is 4.36. The Bertz CT molecular complexity index is 509. The first-order chi connectivity index (χ1) is 8.94. The average molecular weight is 304 g/mol. The monoisotopic (exact) mass is 304 g/mol. The minimum atomic E-state index is -4.25. The van der Waals surface area contributed by atoms with Gasteiger partial charge in [-0.15, -0.1) is 11.3 Å². The third-order valence-corrected chi connectivity index (χ3v) is 3.71. The van der Waals surface area contributed by atoms with E-state index in [4.69, 9.17) is 0 Å². The second-order valence-corrected chi connectivity index (χ2v) is 5.71. The van der Waals surface area contributed by atoms with E-state index in [1.165, 1.54) is 23.5 Å². The number of rotatable bonds is 4. The van der Waals surface area contributed by atoms with Crippen LogP contribution >= 0.6 is 23.1 Å². The number of thioether (sulfide) groups is 1. The summed E-state index contributed by atoms with van der Waals surface area (Å²) in [5.41, 5.74) is -0.815. The van der Waals surface area contributed by atoms with Crippen LogP contribution in [0, 0.1) is 0 Å². The molecular weight excluding hydrogens is 293 g/mol. The molecule has 0 amide bonds. The van der Waals surface area contributed by atoms with Gasteiger partial charge in [0.1, 0.15) is 0 Å². The van der Waals surface area contributed by atoms with Gasteiger partial charge in [0.25, 0.3) is 0 Å². The maximum Gasteiger partial charge on any atom is 0.446 e. The van der Waals surface area contributed by atoms with Gasteiger partial charge in [-0.1, -0.05) is 0 Å². The summed E-state index contributed by atoms with van der Waals surface area (Å²) in [7, 11) is 0. The third-order valence-electron chi connectivity index (χ3n) is 2.37. The van der Waals surface area contributed by atoms with Crippen molar-refractivity contribution in [3.8, 4) is 0 Å². The molecule has 102 valence electrons. The van der Waals surface area contributed by atoms with Crippen LogP contribution in [0.15, 0.2) is 40.1 Å². The van der Waals surface area contributed by atoms with Gasteiger partial charge in [-0.2, -0.15) is 13.2 Å². The van der Waals surface area contributed by atoms with Crippen molar-refractivity contribution < 1.29 is 13.2 Å². The standard InChI is InChI=1S/C12H11F3N2S2/c1-8(11-6-18-7-16-11)17-9-2-4-10(5-3-9)19-12(13,14)15/h2-8,17H,1H3. The number of hydrogen-bond donors (Lipinski definition) is 1. The highest BCUT2D eigenvalue weighted by Gasteiger charge is 2.28. The maximum absolute atomic E-state index is 12.2. The zero-order valence-corrected chi connectivity index (χ0v) is 11.6. The molecule has 0 saturated carbocycles. The van der Waals surface area contributed by atoms with E-state index in [0.717, 1.165) is 11.4 Å². The normalized spacial score (nSPS) is 13.3. The molecule has 19 heavy (non-hydrogen) atoms. The summed E-state index contributed by atoms with van der Waals surface area (Å²) in [4.78, 5) is 4.36. The number of halogens is 3. The second kappa shape index (κ2) is 5.83. The number of alkyl halides is 3. The van der Waals surface area contributed by atoms with Crippen LogP contribution in [0.1, 0.15) is 18.7 Å². The second-order valence-electron chi connectivity index (χ2n) is 3.85. The Morgan fingerprint density at radius 3 is 2.47 bits per heavy atom. The first-order valence-electron chi connectivity index (χ1n) is 5.44. The van der Waals surface area contributed by atoms with Crippen molar-refractivity contribution in [1.29, 1.82) is 0 Å². The molecular formula is C12H11F3N2S2. The smallest absolute Gasteiger partial charge is 0.377 e. The van der Waals surface area contributed by atoms with E-state index in [1.807, 2.05) is 12.3 Å². The lowest BCUT2D eigenvalue weighted by molar-refractivity contribution is -0.0328. The SMILES string of the molecule is CC(Nc1ccc(SC(F)(F)F)cc1)c1cscn1. The van der Waals surface area contributed by atoms with Gasteiger partial charge < -0.3 is 5.32 Å². The van der Waals surface area contributed by atoms with E-state index in [-0.39, 0.29) is 22.7 Å². The number of nitrogens with one attached hydrogen (secondary N) is 1. The Balaban J connectivity index is 1.99. The van der Waals surface area contributed by atoms with E-state index >= 15 is 0 Å². The molecule has 2 aromatic rings. The van der Waals surface area contributed by atoms with Crippen molar-refractivity contribution in [3.05, 3.63) is 40.8 Å². The highest BCUT2D eigenvalue weighted by Crippen LogP contribution is 2.37. The molecule has 0 fully saturated rings. The van der Waals surface area contributed by atoms with E-state index < -0.39 is 5.51 Å². The summed E-state index contributed by atoms with van der Waals surface area (Å²) in [6, 6.07) is 6.20. The van der Waals surface area contributed by atoms with Crippen LogP contribution in [0.5, 0.6) is 0 Å². The lowest BCUT2D eigenvalue weighted by atomic mass is 10.2. The molecule has 2 nitrogen and oxygen atoms in total. The van der Waals surface area contributed by atoms with Gasteiger partial charge in [0.05, 0.1) is 17.2 Å². The molecule has 1 atom stereocenters. The summed E-state index contributed by atoms with van der Waals surface area (Å²) >= 11 is 1.40. The number of thiazole rings is 1. The van der Waals surface area contributed by atoms with Crippen molar-refractivity contribution in [2.75, 3.05) is 5.32 Å². The molecule has 0 radical (unpaired) electrons. The molecule has 0 aliphatic rings. The quantitative estimate of drug-likeness (QED) is 0.811. The number of aromatic nitrogens is 1. The Morgan fingerprint density at radius 1 is 1.26 bits per heavy atom. The fourth-order valence-electron chi connectivity index (χ4n) is 1.51. The van der Waals surface area contributed by atoms with Crippen LogP contribution in [-0.2, 0) is 0 Å². The highest BCUT2D eigenvalue weighted by atomic mass is 32.2. The molecule has 1 aromatic carbocycles. The minimum Gasteiger partial charge on any atom is -0.377 e. The molecule has 0 spiro atoms. The van der Waals surface area contributed by atoms with Crippen LogP contribution in [-0.4, -0.2) is 10.5 Å². The number of hydrogen-bond acceptors (Lipinski definition) is 4. The Hall–Kier alpha value is -1.21. The molecule has 1 unspecified atom stereocenters. The molecule has 2 rings (SSSR count). The summed E-state index contributed by atoms with van der Waals surface area (Å²) < 4.78 is 36.5. The van der Waals surface area contributed by atoms with Gasteiger partial charge in [0.15, 0.2) is 0 Å². The van der Waals surface area contributed by atoms with Crippen molar-refractivity contribution in [3.63, 3.8) is 0 Å². The van der Waals surface area contributed by atoms with Crippen molar-refractivity contribution in [1.82, 2.24) is 4.98 Å². The molecule has 0 aliphatic carbocycles. The Morgan fingerprint density at radius 2 is 1.95 bits per heavy atom. The van der Waals surface area contributed by atoms with Crippen molar-refractivity contribution in [2.45, 2.75) is 23.4 Å². The van der Waals surface area contributed by atoms with Gasteiger partial charge in [0.2, 0.25) is 0 Å². The van der Waals surface area contributed by atoms with E-state index in [2.05, 4.69) is 10.3 Å². The fourth-order valence-corrected chi connectivity index (χ4v) is 2.70. The predicted octanol–water partition coefficient (Wildman–Crippen LogP) is 4.93. The summed E-state index contributed by atoms with van der Waals surface area (Å²) in [5, 5.41) is 5.12. The largest absolute Gasteiger partial charge is 0.446 e. The number of benzene rings is 1. The third kappa shape index (κ3) is 4.43.